The highest BCUT2D eigenvalue weighted by Crippen LogP contribution is 2.39. The Morgan fingerprint density at radius 1 is 1.75 bits per heavy atom. The Balaban J connectivity index is 2.35. The first-order valence-electron chi connectivity index (χ1n) is 3.43. The van der Waals surface area contributed by atoms with Gasteiger partial charge >= 0.3 is 0 Å². The molecule has 1 fully saturated rings. The van der Waals surface area contributed by atoms with Crippen molar-refractivity contribution in [3.05, 3.63) is 12.2 Å². The zero-order chi connectivity index (χ0) is 6.15. The van der Waals surface area contributed by atoms with Crippen LogP contribution in [0.5, 0.6) is 0 Å². The minimum atomic E-state index is 0.819. The van der Waals surface area contributed by atoms with Gasteiger partial charge in [-0.2, -0.15) is 0 Å². The second kappa shape index (κ2) is 1.93. The van der Waals surface area contributed by atoms with E-state index in [1.165, 1.54) is 18.4 Å². The molecule has 2 atom stereocenters. The first-order chi connectivity index (χ1) is 3.75. The Bertz CT molecular complexity index is 103. The van der Waals surface area contributed by atoms with E-state index in [0.717, 1.165) is 11.8 Å². The molecule has 0 bridgehead atoms. The number of hydrogen-bond acceptors (Lipinski definition) is 0. The smallest absolute Gasteiger partial charge is 0.0203 e. The summed E-state index contributed by atoms with van der Waals surface area (Å²) in [5.41, 5.74) is 1.46. The average Bonchev–Trinajstić information content (AvgIpc) is 1.81. The average molecular weight is 110 g/mol. The Morgan fingerprint density at radius 2 is 2.38 bits per heavy atom. The molecule has 0 radical (unpaired) electrons. The van der Waals surface area contributed by atoms with Crippen molar-refractivity contribution in [3.63, 3.8) is 0 Å². The van der Waals surface area contributed by atoms with E-state index < -0.39 is 0 Å². The Hall–Kier alpha value is -0.260. The minimum Gasteiger partial charge on any atom is -0.0996 e. The number of rotatable bonds is 1. The van der Waals surface area contributed by atoms with Gasteiger partial charge < -0.3 is 0 Å². The fourth-order valence-electron chi connectivity index (χ4n) is 1.37. The molecular weight excluding hydrogens is 96.1 g/mol. The molecule has 1 aliphatic rings. The topological polar surface area (TPSA) is 0 Å². The van der Waals surface area contributed by atoms with E-state index in [9.17, 15) is 0 Å². The van der Waals surface area contributed by atoms with Gasteiger partial charge in [0.1, 0.15) is 0 Å². The minimum absolute atomic E-state index is 0.819. The van der Waals surface area contributed by atoms with Crippen LogP contribution in [0.2, 0.25) is 0 Å². The van der Waals surface area contributed by atoms with Gasteiger partial charge in [0.25, 0.3) is 0 Å². The van der Waals surface area contributed by atoms with Gasteiger partial charge in [0, 0.05) is 0 Å². The van der Waals surface area contributed by atoms with Gasteiger partial charge in [0.15, 0.2) is 0 Å². The maximum Gasteiger partial charge on any atom is -0.0203 e. The molecule has 1 saturated carbocycles. The van der Waals surface area contributed by atoms with Gasteiger partial charge in [0.05, 0.1) is 0 Å². The van der Waals surface area contributed by atoms with Crippen LogP contribution in [-0.2, 0) is 0 Å². The van der Waals surface area contributed by atoms with Gasteiger partial charge in [0.2, 0.25) is 0 Å². The molecule has 0 N–H and O–H groups in total. The summed E-state index contributed by atoms with van der Waals surface area (Å²) in [4.78, 5) is 0. The van der Waals surface area contributed by atoms with E-state index in [1.54, 1.807) is 0 Å². The molecule has 1 aliphatic carbocycles. The summed E-state index contributed by atoms with van der Waals surface area (Å²) in [5.74, 6) is 1.78. The maximum absolute atomic E-state index is 3.94. The molecule has 1 rings (SSSR count). The molecular formula is C8H14. The Morgan fingerprint density at radius 3 is 2.50 bits per heavy atom. The fourth-order valence-corrected chi connectivity index (χ4v) is 1.37. The third kappa shape index (κ3) is 0.683. The zero-order valence-corrected chi connectivity index (χ0v) is 5.78. The molecule has 0 nitrogen and oxygen atoms in total. The van der Waals surface area contributed by atoms with Crippen molar-refractivity contribution in [2.24, 2.45) is 11.8 Å². The predicted molar refractivity (Wildman–Crippen MR) is 36.7 cm³/mol. The van der Waals surface area contributed by atoms with E-state index in [0.29, 0.717) is 0 Å². The monoisotopic (exact) mass is 110 g/mol. The van der Waals surface area contributed by atoms with Crippen molar-refractivity contribution in [2.45, 2.75) is 26.7 Å². The Labute approximate surface area is 51.6 Å². The molecule has 0 heteroatoms. The SMILES string of the molecule is C=C1CC(CC)C1C. The van der Waals surface area contributed by atoms with Crippen LogP contribution < -0.4 is 0 Å². The molecule has 46 valence electrons. The highest BCUT2D eigenvalue weighted by atomic mass is 14.3. The maximum atomic E-state index is 3.94. The number of hydrogen-bond donors (Lipinski definition) is 0. The Kier molecular flexibility index (Phi) is 1.41. The summed E-state index contributed by atoms with van der Waals surface area (Å²) in [6, 6.07) is 0. The highest BCUT2D eigenvalue weighted by Gasteiger charge is 2.28. The van der Waals surface area contributed by atoms with Crippen LogP contribution in [0.4, 0.5) is 0 Å². The third-order valence-corrected chi connectivity index (χ3v) is 2.40. The normalized spacial score (nSPS) is 37.0. The van der Waals surface area contributed by atoms with Gasteiger partial charge in [-0.05, 0) is 18.3 Å². The highest BCUT2D eigenvalue weighted by molar-refractivity contribution is 5.12. The van der Waals surface area contributed by atoms with Crippen molar-refractivity contribution < 1.29 is 0 Å². The molecule has 0 aromatic rings. The van der Waals surface area contributed by atoms with E-state index >= 15 is 0 Å². The lowest BCUT2D eigenvalue weighted by Crippen LogP contribution is -2.24. The van der Waals surface area contributed by atoms with E-state index in [-0.39, 0.29) is 0 Å². The fraction of sp³-hybridized carbons (Fsp3) is 0.750. The largest absolute Gasteiger partial charge is 0.0996 e. The van der Waals surface area contributed by atoms with E-state index in [2.05, 4.69) is 20.4 Å². The van der Waals surface area contributed by atoms with Gasteiger partial charge in [-0.25, -0.2) is 0 Å². The lowest BCUT2D eigenvalue weighted by molar-refractivity contribution is 0.289. The van der Waals surface area contributed by atoms with Gasteiger partial charge in [-0.15, -0.1) is 0 Å². The van der Waals surface area contributed by atoms with Crippen LogP contribution in [0, 0.1) is 11.8 Å². The predicted octanol–water partition coefficient (Wildman–Crippen LogP) is 2.61. The first-order valence-corrected chi connectivity index (χ1v) is 3.43. The van der Waals surface area contributed by atoms with Crippen LogP contribution in [0.15, 0.2) is 12.2 Å². The quantitative estimate of drug-likeness (QED) is 0.455. The van der Waals surface area contributed by atoms with Crippen LogP contribution in [0.3, 0.4) is 0 Å². The second-order valence-electron chi connectivity index (χ2n) is 2.82. The summed E-state index contributed by atoms with van der Waals surface area (Å²) in [5, 5.41) is 0. The van der Waals surface area contributed by atoms with Crippen molar-refractivity contribution in [1.29, 1.82) is 0 Å². The van der Waals surface area contributed by atoms with Crippen LogP contribution >= 0.6 is 0 Å². The summed E-state index contributed by atoms with van der Waals surface area (Å²) >= 11 is 0. The lowest BCUT2D eigenvalue weighted by Gasteiger charge is -2.35. The van der Waals surface area contributed by atoms with Crippen LogP contribution in [0.1, 0.15) is 26.7 Å². The van der Waals surface area contributed by atoms with Crippen molar-refractivity contribution in [2.75, 3.05) is 0 Å². The standard InChI is InChI=1S/C8H14/c1-4-8-5-6(2)7(8)3/h7-8H,2,4-5H2,1,3H3. The summed E-state index contributed by atoms with van der Waals surface area (Å²) in [7, 11) is 0. The molecule has 0 saturated heterocycles. The van der Waals surface area contributed by atoms with E-state index in [1.807, 2.05) is 0 Å². The van der Waals surface area contributed by atoms with Crippen molar-refractivity contribution >= 4 is 0 Å². The molecule has 0 aliphatic heterocycles. The van der Waals surface area contributed by atoms with Crippen LogP contribution in [0.25, 0.3) is 0 Å². The number of allylic oxidation sites excluding steroid dienone is 1. The van der Waals surface area contributed by atoms with Crippen molar-refractivity contribution in [3.8, 4) is 0 Å². The molecule has 8 heavy (non-hydrogen) atoms. The second-order valence-corrected chi connectivity index (χ2v) is 2.82. The lowest BCUT2D eigenvalue weighted by atomic mass is 9.70. The molecule has 0 amide bonds. The molecule has 0 aromatic carbocycles. The van der Waals surface area contributed by atoms with Gasteiger partial charge in [-0.1, -0.05) is 32.4 Å². The van der Waals surface area contributed by atoms with E-state index in [4.69, 9.17) is 0 Å². The zero-order valence-electron chi connectivity index (χ0n) is 5.78. The molecule has 2 unspecified atom stereocenters. The molecule has 0 aromatic heterocycles. The van der Waals surface area contributed by atoms with Crippen molar-refractivity contribution in [1.82, 2.24) is 0 Å². The summed E-state index contributed by atoms with van der Waals surface area (Å²) < 4.78 is 0. The van der Waals surface area contributed by atoms with Crippen LogP contribution in [-0.4, -0.2) is 0 Å². The third-order valence-electron chi connectivity index (χ3n) is 2.40. The summed E-state index contributed by atoms with van der Waals surface area (Å²) in [6.07, 6.45) is 2.62. The molecule has 0 heterocycles. The molecule has 0 spiro atoms. The summed E-state index contributed by atoms with van der Waals surface area (Å²) in [6.45, 7) is 8.47. The van der Waals surface area contributed by atoms with Gasteiger partial charge in [-0.3, -0.25) is 0 Å². The first kappa shape index (κ1) is 5.87.